The van der Waals surface area contributed by atoms with E-state index in [0.717, 1.165) is 35.6 Å². The predicted octanol–water partition coefficient (Wildman–Crippen LogP) is 6.94. The zero-order chi connectivity index (χ0) is 23.3. The van der Waals surface area contributed by atoms with Gasteiger partial charge in [0, 0.05) is 18.3 Å². The number of carbonyl (C=O) groups excluding carboxylic acids is 1. The van der Waals surface area contributed by atoms with Gasteiger partial charge in [0.05, 0.1) is 17.4 Å². The lowest BCUT2D eigenvalue weighted by Gasteiger charge is -2.12. The van der Waals surface area contributed by atoms with E-state index >= 15 is 0 Å². The van der Waals surface area contributed by atoms with Gasteiger partial charge < -0.3 is 9.30 Å². The molecule has 1 unspecified atom stereocenters. The molecule has 168 valence electrons. The molecule has 0 saturated carbocycles. The maximum atomic E-state index is 13.3. The van der Waals surface area contributed by atoms with E-state index in [2.05, 4.69) is 0 Å². The van der Waals surface area contributed by atoms with Crippen LogP contribution in [0.4, 0.5) is 13.2 Å². The van der Waals surface area contributed by atoms with Gasteiger partial charge in [0.15, 0.2) is 0 Å². The number of ketones is 1. The van der Waals surface area contributed by atoms with Gasteiger partial charge in [-0.05, 0) is 44.0 Å². The zero-order valence-corrected chi connectivity index (χ0v) is 18.3. The van der Waals surface area contributed by atoms with Crippen LogP contribution in [0.5, 0.6) is 5.75 Å². The second-order valence-corrected chi connectivity index (χ2v) is 7.77. The number of aryl methyl sites for hydroxylation is 1. The summed E-state index contributed by atoms with van der Waals surface area (Å²) in [5.41, 5.74) is 1.34. The highest BCUT2D eigenvalue weighted by atomic mass is 19.4. The number of hydrogen-bond donors (Lipinski definition) is 0. The van der Waals surface area contributed by atoms with E-state index in [0.29, 0.717) is 5.56 Å². The first kappa shape index (κ1) is 23.4. The van der Waals surface area contributed by atoms with Crippen molar-refractivity contribution in [3.63, 3.8) is 0 Å². The summed E-state index contributed by atoms with van der Waals surface area (Å²) in [6.07, 6.45) is 0.955. The first-order valence-corrected chi connectivity index (χ1v) is 10.5. The van der Waals surface area contributed by atoms with Crippen molar-refractivity contribution in [2.45, 2.75) is 46.0 Å². The van der Waals surface area contributed by atoms with Crippen LogP contribution in [0.2, 0.25) is 0 Å². The zero-order valence-electron chi connectivity index (χ0n) is 18.3. The molecule has 0 saturated heterocycles. The summed E-state index contributed by atoms with van der Waals surface area (Å²) in [4.78, 5) is 12.9. The van der Waals surface area contributed by atoms with Gasteiger partial charge in [0.25, 0.3) is 0 Å². The van der Waals surface area contributed by atoms with E-state index in [9.17, 15) is 18.0 Å². The molecule has 0 bridgehead atoms. The third-order valence-electron chi connectivity index (χ3n) is 5.15. The molecule has 0 fully saturated rings. The van der Waals surface area contributed by atoms with Crippen LogP contribution in [0, 0.1) is 6.92 Å². The van der Waals surface area contributed by atoms with Crippen LogP contribution in [0.25, 0.3) is 6.08 Å². The van der Waals surface area contributed by atoms with Crippen molar-refractivity contribution >= 4 is 11.9 Å². The highest BCUT2D eigenvalue weighted by molar-refractivity contribution is 6.08. The van der Waals surface area contributed by atoms with Crippen molar-refractivity contribution in [1.29, 1.82) is 0 Å². The molecule has 2 aromatic carbocycles. The van der Waals surface area contributed by atoms with Crippen molar-refractivity contribution in [1.82, 2.24) is 4.57 Å². The largest absolute Gasteiger partial charge is 0.491 e. The van der Waals surface area contributed by atoms with Gasteiger partial charge in [0.2, 0.25) is 5.78 Å². The maximum Gasteiger partial charge on any atom is 0.417 e. The van der Waals surface area contributed by atoms with Gasteiger partial charge in [-0.25, -0.2) is 0 Å². The SMILES string of the molecule is CCC(C)Oc1cccc(/C=C/Cn2cc(C(F)(F)F)cc2C(=O)c2ccc(C)cc2)c1. The maximum absolute atomic E-state index is 13.3. The molecule has 0 amide bonds. The fourth-order valence-corrected chi connectivity index (χ4v) is 3.17. The summed E-state index contributed by atoms with van der Waals surface area (Å²) in [5, 5.41) is 0. The normalized spacial score (nSPS) is 12.8. The summed E-state index contributed by atoms with van der Waals surface area (Å²) < 4.78 is 47.1. The van der Waals surface area contributed by atoms with Crippen LogP contribution in [-0.4, -0.2) is 16.5 Å². The Bertz CT molecular complexity index is 1100. The van der Waals surface area contributed by atoms with Crippen LogP contribution < -0.4 is 4.74 Å². The number of halogens is 3. The Morgan fingerprint density at radius 3 is 2.50 bits per heavy atom. The lowest BCUT2D eigenvalue weighted by atomic mass is 10.1. The Labute approximate surface area is 186 Å². The smallest absolute Gasteiger partial charge is 0.417 e. The fraction of sp³-hybridized carbons (Fsp3) is 0.269. The van der Waals surface area contributed by atoms with E-state index in [1.807, 2.05) is 45.0 Å². The summed E-state index contributed by atoms with van der Waals surface area (Å²) in [7, 11) is 0. The third-order valence-corrected chi connectivity index (χ3v) is 5.15. The van der Waals surface area contributed by atoms with Crippen molar-refractivity contribution < 1.29 is 22.7 Å². The van der Waals surface area contributed by atoms with E-state index in [1.165, 1.54) is 4.57 Å². The monoisotopic (exact) mass is 441 g/mol. The molecule has 0 N–H and O–H groups in total. The molecule has 1 atom stereocenters. The van der Waals surface area contributed by atoms with Gasteiger partial charge in [-0.1, -0.05) is 61.0 Å². The quantitative estimate of drug-likeness (QED) is 0.355. The summed E-state index contributed by atoms with van der Waals surface area (Å²) in [6, 6.07) is 15.2. The molecule has 3 rings (SSSR count). The number of hydrogen-bond acceptors (Lipinski definition) is 2. The number of benzene rings is 2. The summed E-state index contributed by atoms with van der Waals surface area (Å²) in [6.45, 7) is 6.03. The van der Waals surface area contributed by atoms with Gasteiger partial charge in [-0.3, -0.25) is 4.79 Å². The number of nitrogens with zero attached hydrogens (tertiary/aromatic N) is 1. The molecule has 0 aliphatic rings. The van der Waals surface area contributed by atoms with Crippen molar-refractivity contribution in [2.75, 3.05) is 0 Å². The minimum atomic E-state index is -4.53. The molecule has 6 heteroatoms. The highest BCUT2D eigenvalue weighted by Gasteiger charge is 2.33. The van der Waals surface area contributed by atoms with Gasteiger partial charge in [-0.15, -0.1) is 0 Å². The molecule has 0 spiro atoms. The van der Waals surface area contributed by atoms with Crippen LogP contribution >= 0.6 is 0 Å². The standard InChI is InChI=1S/C26H26F3NO2/c1-4-19(3)32-23-9-5-7-20(15-23)8-6-14-30-17-22(26(27,28)29)16-24(30)25(31)21-12-10-18(2)11-13-21/h5-13,15-17,19H,4,14H2,1-3H3/b8-6+. The second-order valence-electron chi connectivity index (χ2n) is 7.77. The number of alkyl halides is 3. The van der Waals surface area contributed by atoms with Crippen molar-refractivity contribution in [3.8, 4) is 5.75 Å². The Balaban J connectivity index is 1.84. The average Bonchev–Trinajstić information content (AvgIpc) is 3.19. The second kappa shape index (κ2) is 9.90. The van der Waals surface area contributed by atoms with Gasteiger partial charge in [-0.2, -0.15) is 13.2 Å². The minimum absolute atomic E-state index is 0.000294. The first-order chi connectivity index (χ1) is 15.2. The molecule has 32 heavy (non-hydrogen) atoms. The Morgan fingerprint density at radius 1 is 1.12 bits per heavy atom. The molecule has 1 aromatic heterocycles. The van der Waals surface area contributed by atoms with E-state index in [-0.39, 0.29) is 18.3 Å². The molecule has 1 heterocycles. The van der Waals surface area contributed by atoms with Gasteiger partial charge in [0.1, 0.15) is 5.75 Å². The van der Waals surface area contributed by atoms with Crippen LogP contribution in [0.15, 0.2) is 66.9 Å². The number of ether oxygens (including phenoxy) is 1. The average molecular weight is 441 g/mol. The Morgan fingerprint density at radius 2 is 1.84 bits per heavy atom. The number of allylic oxidation sites excluding steroid dienone is 1. The molecule has 0 aliphatic carbocycles. The summed E-state index contributed by atoms with van der Waals surface area (Å²) >= 11 is 0. The van der Waals surface area contributed by atoms with Crippen LogP contribution in [0.3, 0.4) is 0 Å². The van der Waals surface area contributed by atoms with E-state index in [1.54, 1.807) is 36.4 Å². The lowest BCUT2D eigenvalue weighted by Crippen LogP contribution is -2.09. The Kier molecular flexibility index (Phi) is 7.23. The topological polar surface area (TPSA) is 31.2 Å². The molecule has 0 aliphatic heterocycles. The minimum Gasteiger partial charge on any atom is -0.491 e. The summed E-state index contributed by atoms with van der Waals surface area (Å²) in [5.74, 6) is 0.287. The van der Waals surface area contributed by atoms with E-state index in [4.69, 9.17) is 4.74 Å². The van der Waals surface area contributed by atoms with Gasteiger partial charge >= 0.3 is 6.18 Å². The van der Waals surface area contributed by atoms with Crippen molar-refractivity contribution in [3.05, 3.63) is 94.8 Å². The first-order valence-electron chi connectivity index (χ1n) is 10.5. The van der Waals surface area contributed by atoms with Crippen LogP contribution in [0.1, 0.15) is 53.0 Å². The lowest BCUT2D eigenvalue weighted by molar-refractivity contribution is -0.137. The number of aromatic nitrogens is 1. The molecular weight excluding hydrogens is 415 g/mol. The Hall–Kier alpha value is -3.28. The third kappa shape index (κ3) is 5.90. The fourth-order valence-electron chi connectivity index (χ4n) is 3.17. The van der Waals surface area contributed by atoms with Crippen LogP contribution in [-0.2, 0) is 12.7 Å². The number of rotatable bonds is 8. The number of carbonyl (C=O) groups is 1. The predicted molar refractivity (Wildman–Crippen MR) is 120 cm³/mol. The molecule has 3 nitrogen and oxygen atoms in total. The molecular formula is C26H26F3NO2. The molecule has 3 aromatic rings. The van der Waals surface area contributed by atoms with E-state index < -0.39 is 17.5 Å². The molecule has 0 radical (unpaired) electrons. The van der Waals surface area contributed by atoms with Crippen molar-refractivity contribution in [2.24, 2.45) is 0 Å². The highest BCUT2D eigenvalue weighted by Crippen LogP contribution is 2.31.